The van der Waals surface area contributed by atoms with Crippen LogP contribution >= 0.6 is 11.3 Å². The molecule has 0 atom stereocenters. The predicted octanol–water partition coefficient (Wildman–Crippen LogP) is 2.72. The summed E-state index contributed by atoms with van der Waals surface area (Å²) in [5.74, 6) is 0.165. The van der Waals surface area contributed by atoms with Crippen LogP contribution in [0.5, 0.6) is 0 Å². The van der Waals surface area contributed by atoms with Crippen LogP contribution in [0.15, 0.2) is 0 Å². The maximum atomic E-state index is 12.3. The Kier molecular flexibility index (Phi) is 4.37. The molecule has 3 nitrogen and oxygen atoms in total. The molecule has 0 saturated carbocycles. The predicted molar refractivity (Wildman–Crippen MR) is 63.4 cm³/mol. The van der Waals surface area contributed by atoms with Crippen molar-refractivity contribution in [2.45, 2.75) is 32.5 Å². The molecular formula is C10H16F3N3S. The third kappa shape index (κ3) is 3.85. The zero-order valence-electron chi connectivity index (χ0n) is 10.0. The summed E-state index contributed by atoms with van der Waals surface area (Å²) in [6, 6.07) is 0. The van der Waals surface area contributed by atoms with E-state index in [2.05, 4.69) is 4.98 Å². The molecule has 0 saturated heterocycles. The lowest BCUT2D eigenvalue weighted by Gasteiger charge is -2.17. The van der Waals surface area contributed by atoms with Crippen LogP contribution < -0.4 is 10.6 Å². The van der Waals surface area contributed by atoms with Crippen molar-refractivity contribution in [3.8, 4) is 0 Å². The summed E-state index contributed by atoms with van der Waals surface area (Å²) in [5.41, 5.74) is 6.35. The minimum Gasteiger partial charge on any atom is -0.342 e. The lowest BCUT2D eigenvalue weighted by atomic mass is 10.1. The van der Waals surface area contributed by atoms with Crippen molar-refractivity contribution in [3.05, 3.63) is 10.6 Å². The zero-order valence-corrected chi connectivity index (χ0v) is 10.8. The second kappa shape index (κ2) is 5.22. The van der Waals surface area contributed by atoms with Gasteiger partial charge in [-0.25, -0.2) is 4.98 Å². The monoisotopic (exact) mass is 267 g/mol. The van der Waals surface area contributed by atoms with Crippen LogP contribution in [-0.2, 0) is 6.54 Å². The third-order valence-electron chi connectivity index (χ3n) is 2.19. The fraction of sp³-hybridized carbons (Fsp3) is 0.700. The van der Waals surface area contributed by atoms with E-state index in [9.17, 15) is 13.2 Å². The molecule has 0 unspecified atom stereocenters. The first-order valence-corrected chi connectivity index (χ1v) is 6.03. The molecule has 2 N–H and O–H groups in total. The van der Waals surface area contributed by atoms with Crippen LogP contribution in [0.2, 0.25) is 0 Å². The average Bonchev–Trinajstić information content (AvgIpc) is 2.58. The van der Waals surface area contributed by atoms with Crippen LogP contribution in [0.1, 0.15) is 30.3 Å². The molecule has 0 aliphatic heterocycles. The SMILES string of the molecule is CC(C)c1nc(N(C)CC(F)(F)F)sc1CN. The van der Waals surface area contributed by atoms with Crippen molar-refractivity contribution >= 4 is 16.5 Å². The molecule has 1 rings (SSSR count). The van der Waals surface area contributed by atoms with Crippen molar-refractivity contribution in [1.29, 1.82) is 0 Å². The van der Waals surface area contributed by atoms with Gasteiger partial charge in [-0.1, -0.05) is 13.8 Å². The first-order chi connectivity index (χ1) is 7.74. The number of hydrogen-bond donors (Lipinski definition) is 1. The smallest absolute Gasteiger partial charge is 0.342 e. The van der Waals surface area contributed by atoms with Crippen molar-refractivity contribution in [3.63, 3.8) is 0 Å². The number of thiazole rings is 1. The molecule has 98 valence electrons. The number of nitrogens with two attached hydrogens (primary N) is 1. The van der Waals surface area contributed by atoms with E-state index in [4.69, 9.17) is 5.73 Å². The van der Waals surface area contributed by atoms with Gasteiger partial charge in [-0.15, -0.1) is 11.3 Å². The summed E-state index contributed by atoms with van der Waals surface area (Å²) in [4.78, 5) is 6.19. The van der Waals surface area contributed by atoms with E-state index >= 15 is 0 Å². The minimum absolute atomic E-state index is 0.165. The highest BCUT2D eigenvalue weighted by atomic mass is 32.1. The molecule has 7 heteroatoms. The van der Waals surface area contributed by atoms with Crippen LogP contribution in [0, 0.1) is 0 Å². The van der Waals surface area contributed by atoms with Crippen LogP contribution in [0.3, 0.4) is 0 Å². The van der Waals surface area contributed by atoms with Crippen molar-refractivity contribution in [1.82, 2.24) is 4.98 Å². The highest BCUT2D eigenvalue weighted by molar-refractivity contribution is 7.15. The molecule has 0 aromatic carbocycles. The largest absolute Gasteiger partial charge is 0.405 e. The Balaban J connectivity index is 2.92. The fourth-order valence-corrected chi connectivity index (χ4v) is 2.50. The first kappa shape index (κ1) is 14.2. The van der Waals surface area contributed by atoms with E-state index in [1.165, 1.54) is 18.4 Å². The summed E-state index contributed by atoms with van der Waals surface area (Å²) >= 11 is 1.23. The number of alkyl halides is 3. The zero-order chi connectivity index (χ0) is 13.2. The van der Waals surface area contributed by atoms with E-state index < -0.39 is 12.7 Å². The highest BCUT2D eigenvalue weighted by Gasteiger charge is 2.30. The Morgan fingerprint density at radius 2 is 2.00 bits per heavy atom. The topological polar surface area (TPSA) is 42.2 Å². The van der Waals surface area contributed by atoms with Gasteiger partial charge in [0, 0.05) is 18.5 Å². The third-order valence-corrected chi connectivity index (χ3v) is 3.40. The average molecular weight is 267 g/mol. The van der Waals surface area contributed by atoms with E-state index in [-0.39, 0.29) is 5.92 Å². The standard InChI is InChI=1S/C10H16F3N3S/c1-6(2)8-7(4-14)17-9(15-8)16(3)5-10(11,12)13/h6H,4-5,14H2,1-3H3. The highest BCUT2D eigenvalue weighted by Crippen LogP contribution is 2.31. The van der Waals surface area contributed by atoms with E-state index in [0.717, 1.165) is 15.5 Å². The second-order valence-corrected chi connectivity index (χ2v) is 5.20. The number of hydrogen-bond acceptors (Lipinski definition) is 4. The Bertz CT molecular complexity index is 373. The van der Waals surface area contributed by atoms with E-state index in [1.807, 2.05) is 13.8 Å². The van der Waals surface area contributed by atoms with E-state index in [1.54, 1.807) is 0 Å². The quantitative estimate of drug-likeness (QED) is 0.912. The number of nitrogens with zero attached hydrogens (tertiary/aromatic N) is 2. The van der Waals surface area contributed by atoms with Gasteiger partial charge in [0.1, 0.15) is 6.54 Å². The molecule has 0 aliphatic rings. The number of halogens is 3. The maximum absolute atomic E-state index is 12.3. The van der Waals surface area contributed by atoms with Crippen LogP contribution in [0.25, 0.3) is 0 Å². The molecule has 0 aliphatic carbocycles. The molecule has 0 radical (unpaired) electrons. The van der Waals surface area contributed by atoms with Gasteiger partial charge in [0.2, 0.25) is 0 Å². The summed E-state index contributed by atoms with van der Waals surface area (Å²) in [5, 5.41) is 0.367. The molecule has 0 fully saturated rings. The summed E-state index contributed by atoms with van der Waals surface area (Å²) in [6.45, 7) is 3.20. The molecular weight excluding hydrogens is 251 g/mol. The van der Waals surface area contributed by atoms with Gasteiger partial charge in [-0.3, -0.25) is 0 Å². The Morgan fingerprint density at radius 1 is 1.41 bits per heavy atom. The molecule has 0 bridgehead atoms. The van der Waals surface area contributed by atoms with Gasteiger partial charge in [0.05, 0.1) is 5.69 Å². The molecule has 0 amide bonds. The van der Waals surface area contributed by atoms with Crippen LogP contribution in [-0.4, -0.2) is 24.8 Å². The van der Waals surface area contributed by atoms with E-state index in [0.29, 0.717) is 11.7 Å². The lowest BCUT2D eigenvalue weighted by molar-refractivity contribution is -0.119. The molecule has 17 heavy (non-hydrogen) atoms. The van der Waals surface area contributed by atoms with Gasteiger partial charge >= 0.3 is 6.18 Å². The normalized spacial score (nSPS) is 12.2. The lowest BCUT2D eigenvalue weighted by Crippen LogP contribution is -2.30. The van der Waals surface area contributed by atoms with Gasteiger partial charge in [0.25, 0.3) is 0 Å². The van der Waals surface area contributed by atoms with Crippen molar-refractivity contribution in [2.75, 3.05) is 18.5 Å². The Morgan fingerprint density at radius 3 is 2.35 bits per heavy atom. The van der Waals surface area contributed by atoms with Gasteiger partial charge in [0.15, 0.2) is 5.13 Å². The molecule has 1 aromatic heterocycles. The molecule has 1 aromatic rings. The second-order valence-electron chi connectivity index (χ2n) is 4.13. The summed E-state index contributed by atoms with van der Waals surface area (Å²) in [7, 11) is 1.39. The van der Waals surface area contributed by atoms with Crippen molar-refractivity contribution < 1.29 is 13.2 Å². The number of anilines is 1. The molecule has 1 heterocycles. The number of aromatic nitrogens is 1. The molecule has 0 spiro atoms. The Labute approximate surface area is 102 Å². The summed E-state index contributed by atoms with van der Waals surface area (Å²) < 4.78 is 36.8. The van der Waals surface area contributed by atoms with Crippen molar-refractivity contribution in [2.24, 2.45) is 5.73 Å². The Hall–Kier alpha value is -0.820. The first-order valence-electron chi connectivity index (χ1n) is 5.22. The fourth-order valence-electron chi connectivity index (χ4n) is 1.45. The van der Waals surface area contributed by atoms with Gasteiger partial charge in [-0.2, -0.15) is 13.2 Å². The minimum atomic E-state index is -4.22. The van der Waals surface area contributed by atoms with Crippen LogP contribution in [0.4, 0.5) is 18.3 Å². The van der Waals surface area contributed by atoms with Gasteiger partial charge in [-0.05, 0) is 5.92 Å². The number of rotatable bonds is 4. The maximum Gasteiger partial charge on any atom is 0.405 e. The summed E-state index contributed by atoms with van der Waals surface area (Å²) in [6.07, 6.45) is -4.22. The van der Waals surface area contributed by atoms with Gasteiger partial charge < -0.3 is 10.6 Å².